The van der Waals surface area contributed by atoms with E-state index in [0.717, 1.165) is 12.1 Å². The summed E-state index contributed by atoms with van der Waals surface area (Å²) in [4.78, 5) is 4.45. The zero-order valence-corrected chi connectivity index (χ0v) is 12.3. The van der Waals surface area contributed by atoms with Gasteiger partial charge in [-0.15, -0.1) is 6.58 Å². The van der Waals surface area contributed by atoms with Crippen LogP contribution in [0.2, 0.25) is 0 Å². The topological polar surface area (TPSA) is 96.6 Å². The van der Waals surface area contributed by atoms with E-state index in [-0.39, 0.29) is 4.90 Å². The van der Waals surface area contributed by atoms with Crippen molar-refractivity contribution >= 4 is 16.0 Å². The van der Waals surface area contributed by atoms with Crippen LogP contribution in [-0.4, -0.2) is 27.5 Å². The largest absolute Gasteiger partial charge is 0.357 e. The summed E-state index contributed by atoms with van der Waals surface area (Å²) in [6.45, 7) is 7.28. The Hall–Kier alpha value is -1.86. The number of nitrogens with one attached hydrogen (secondary N) is 2. The molecule has 1 aromatic carbocycles. The number of benzene rings is 1. The van der Waals surface area contributed by atoms with Gasteiger partial charge in [0, 0.05) is 13.1 Å². The predicted molar refractivity (Wildman–Crippen MR) is 80.8 cm³/mol. The molecule has 0 bridgehead atoms. The van der Waals surface area contributed by atoms with Gasteiger partial charge < -0.3 is 10.6 Å². The predicted octanol–water partition coefficient (Wildman–Crippen LogP) is 0.575. The van der Waals surface area contributed by atoms with Gasteiger partial charge >= 0.3 is 0 Å². The molecule has 0 radical (unpaired) electrons. The first-order chi connectivity index (χ1) is 9.47. The number of nitrogens with zero attached hydrogens (tertiary/aromatic N) is 1. The molecule has 0 unspecified atom stereocenters. The van der Waals surface area contributed by atoms with Crippen molar-refractivity contribution in [2.45, 2.75) is 18.4 Å². The lowest BCUT2D eigenvalue weighted by atomic mass is 10.2. The van der Waals surface area contributed by atoms with Crippen molar-refractivity contribution in [1.82, 2.24) is 10.6 Å². The Kier molecular flexibility index (Phi) is 6.20. The molecule has 0 aliphatic rings. The molecule has 0 atom stereocenters. The van der Waals surface area contributed by atoms with Crippen LogP contribution in [0.25, 0.3) is 0 Å². The Morgan fingerprint density at radius 2 is 2.20 bits per heavy atom. The second-order valence-corrected chi connectivity index (χ2v) is 5.62. The minimum Gasteiger partial charge on any atom is -0.357 e. The van der Waals surface area contributed by atoms with Gasteiger partial charge in [-0.25, -0.2) is 18.5 Å². The van der Waals surface area contributed by atoms with Crippen LogP contribution in [0.4, 0.5) is 0 Å². The summed E-state index contributed by atoms with van der Waals surface area (Å²) in [5.41, 5.74) is 0.771. The molecule has 1 rings (SSSR count). The monoisotopic (exact) mass is 296 g/mol. The van der Waals surface area contributed by atoms with Gasteiger partial charge in [-0.3, -0.25) is 0 Å². The number of primary sulfonamides is 1. The van der Waals surface area contributed by atoms with E-state index < -0.39 is 10.0 Å². The van der Waals surface area contributed by atoms with E-state index in [1.54, 1.807) is 18.2 Å². The molecule has 0 aliphatic heterocycles. The first-order valence-corrected chi connectivity index (χ1v) is 7.76. The van der Waals surface area contributed by atoms with E-state index in [1.807, 2.05) is 6.92 Å². The number of rotatable bonds is 6. The molecule has 0 saturated heterocycles. The average molecular weight is 296 g/mol. The average Bonchev–Trinajstić information content (AvgIpc) is 2.41. The molecule has 0 heterocycles. The molecule has 0 aliphatic carbocycles. The normalized spacial score (nSPS) is 12.0. The molecule has 110 valence electrons. The van der Waals surface area contributed by atoms with Gasteiger partial charge in [0.15, 0.2) is 5.96 Å². The van der Waals surface area contributed by atoms with Gasteiger partial charge in [0.05, 0.1) is 11.4 Å². The van der Waals surface area contributed by atoms with Gasteiger partial charge in [-0.1, -0.05) is 18.2 Å². The molecular formula is C13H20N4O2S. The minimum atomic E-state index is -3.68. The molecule has 20 heavy (non-hydrogen) atoms. The number of guanidine groups is 1. The molecule has 0 amide bonds. The first-order valence-electron chi connectivity index (χ1n) is 6.22. The maximum Gasteiger partial charge on any atom is 0.238 e. The Labute approximate surface area is 119 Å². The van der Waals surface area contributed by atoms with Gasteiger partial charge in [0.2, 0.25) is 10.0 Å². The van der Waals surface area contributed by atoms with Crippen LogP contribution < -0.4 is 15.8 Å². The van der Waals surface area contributed by atoms with Crippen molar-refractivity contribution in [3.8, 4) is 0 Å². The van der Waals surface area contributed by atoms with Crippen molar-refractivity contribution in [3.63, 3.8) is 0 Å². The van der Waals surface area contributed by atoms with E-state index in [4.69, 9.17) is 5.14 Å². The maximum atomic E-state index is 11.3. The summed E-state index contributed by atoms with van der Waals surface area (Å²) >= 11 is 0. The smallest absolute Gasteiger partial charge is 0.238 e. The standard InChI is InChI=1S/C13H20N4O2S/c1-3-8-16-13(15-4-2)17-10-11-6-5-7-12(9-11)20(14,18)19/h3,5-7,9H,1,4,8,10H2,2H3,(H2,14,18,19)(H2,15,16,17). The summed E-state index contributed by atoms with van der Waals surface area (Å²) in [6, 6.07) is 6.43. The molecule has 1 aromatic rings. The lowest BCUT2D eigenvalue weighted by Gasteiger charge is -2.09. The molecular weight excluding hydrogens is 276 g/mol. The Morgan fingerprint density at radius 3 is 2.80 bits per heavy atom. The molecule has 0 aromatic heterocycles. The molecule has 7 heteroatoms. The molecule has 0 saturated carbocycles. The first kappa shape index (κ1) is 16.2. The van der Waals surface area contributed by atoms with Crippen LogP contribution in [0.5, 0.6) is 0 Å². The lowest BCUT2D eigenvalue weighted by Crippen LogP contribution is -2.37. The summed E-state index contributed by atoms with van der Waals surface area (Å²) in [5, 5.41) is 11.2. The number of sulfonamides is 1. The highest BCUT2D eigenvalue weighted by molar-refractivity contribution is 7.89. The minimum absolute atomic E-state index is 0.0919. The van der Waals surface area contributed by atoms with Crippen molar-refractivity contribution in [3.05, 3.63) is 42.5 Å². The second kappa shape index (κ2) is 7.66. The fraction of sp³-hybridized carbons (Fsp3) is 0.308. The van der Waals surface area contributed by atoms with Gasteiger partial charge in [-0.2, -0.15) is 0 Å². The molecule has 6 nitrogen and oxygen atoms in total. The third kappa shape index (κ3) is 5.41. The number of nitrogens with two attached hydrogens (primary N) is 1. The van der Waals surface area contributed by atoms with E-state index in [1.165, 1.54) is 12.1 Å². The number of aliphatic imine (C=N–C) groups is 1. The highest BCUT2D eigenvalue weighted by Crippen LogP contribution is 2.10. The van der Waals surface area contributed by atoms with Crippen LogP contribution >= 0.6 is 0 Å². The van der Waals surface area contributed by atoms with Crippen molar-refractivity contribution in [1.29, 1.82) is 0 Å². The van der Waals surface area contributed by atoms with Crippen LogP contribution in [0.15, 0.2) is 46.8 Å². The summed E-state index contributed by atoms with van der Waals surface area (Å²) in [7, 11) is -3.68. The van der Waals surface area contributed by atoms with Gasteiger partial charge in [0.25, 0.3) is 0 Å². The zero-order chi connectivity index (χ0) is 15.0. The second-order valence-electron chi connectivity index (χ2n) is 4.06. The van der Waals surface area contributed by atoms with Crippen LogP contribution in [0.1, 0.15) is 12.5 Å². The van der Waals surface area contributed by atoms with Crippen molar-refractivity contribution in [2.75, 3.05) is 13.1 Å². The fourth-order valence-corrected chi connectivity index (χ4v) is 2.09. The third-order valence-electron chi connectivity index (χ3n) is 2.40. The Balaban J connectivity index is 2.83. The van der Waals surface area contributed by atoms with Crippen LogP contribution in [-0.2, 0) is 16.6 Å². The fourth-order valence-electron chi connectivity index (χ4n) is 1.50. The zero-order valence-electron chi connectivity index (χ0n) is 11.5. The molecule has 4 N–H and O–H groups in total. The van der Waals surface area contributed by atoms with Crippen molar-refractivity contribution in [2.24, 2.45) is 10.1 Å². The third-order valence-corrected chi connectivity index (χ3v) is 3.32. The van der Waals surface area contributed by atoms with E-state index in [9.17, 15) is 8.42 Å². The lowest BCUT2D eigenvalue weighted by molar-refractivity contribution is 0.597. The maximum absolute atomic E-state index is 11.3. The summed E-state index contributed by atoms with van der Waals surface area (Å²) < 4.78 is 22.5. The Bertz CT molecular complexity index is 582. The quantitative estimate of drug-likeness (QED) is 0.406. The number of hydrogen-bond donors (Lipinski definition) is 3. The highest BCUT2D eigenvalue weighted by Gasteiger charge is 2.07. The van der Waals surface area contributed by atoms with Gasteiger partial charge in [0.1, 0.15) is 0 Å². The van der Waals surface area contributed by atoms with E-state index in [0.29, 0.717) is 19.0 Å². The van der Waals surface area contributed by atoms with E-state index in [2.05, 4.69) is 22.2 Å². The van der Waals surface area contributed by atoms with Crippen molar-refractivity contribution < 1.29 is 8.42 Å². The van der Waals surface area contributed by atoms with Crippen LogP contribution in [0, 0.1) is 0 Å². The van der Waals surface area contributed by atoms with Crippen LogP contribution in [0.3, 0.4) is 0 Å². The molecule has 0 fully saturated rings. The summed E-state index contributed by atoms with van der Waals surface area (Å²) in [5.74, 6) is 0.647. The van der Waals surface area contributed by atoms with E-state index >= 15 is 0 Å². The Morgan fingerprint density at radius 1 is 1.45 bits per heavy atom. The van der Waals surface area contributed by atoms with Gasteiger partial charge in [-0.05, 0) is 24.6 Å². The number of hydrogen-bond acceptors (Lipinski definition) is 3. The summed E-state index contributed by atoms with van der Waals surface area (Å²) in [6.07, 6.45) is 1.73. The highest BCUT2D eigenvalue weighted by atomic mass is 32.2. The molecule has 0 spiro atoms. The SMILES string of the molecule is C=CCNC(=NCc1cccc(S(N)(=O)=O)c1)NCC.